The van der Waals surface area contributed by atoms with Gasteiger partial charge in [-0.05, 0) is 31.9 Å². The van der Waals surface area contributed by atoms with Crippen LogP contribution in [0, 0.1) is 6.92 Å². The number of carboxylic acid groups (broad SMARTS) is 1. The summed E-state index contributed by atoms with van der Waals surface area (Å²) in [7, 11) is 0. The number of carbonyl (C=O) groups excluding carboxylic acids is 1. The SMILES string of the molecule is Cc1coc(CC(=O)O)c1C(=O)N1CCCCCC1c1ccco1. The first kappa shape index (κ1) is 16.4. The molecule has 0 aliphatic carbocycles. The Morgan fingerprint density at radius 2 is 2.12 bits per heavy atom. The second kappa shape index (κ2) is 6.95. The quantitative estimate of drug-likeness (QED) is 0.926. The van der Waals surface area contributed by atoms with E-state index in [1.807, 2.05) is 12.1 Å². The van der Waals surface area contributed by atoms with E-state index in [1.165, 1.54) is 6.26 Å². The number of hydrogen-bond donors (Lipinski definition) is 1. The molecule has 1 unspecified atom stereocenters. The highest BCUT2D eigenvalue weighted by Gasteiger charge is 2.32. The third-order valence-electron chi connectivity index (χ3n) is 4.46. The van der Waals surface area contributed by atoms with Gasteiger partial charge in [-0.1, -0.05) is 12.8 Å². The van der Waals surface area contributed by atoms with Crippen LogP contribution in [0.15, 0.2) is 33.5 Å². The van der Waals surface area contributed by atoms with Crippen molar-refractivity contribution in [2.45, 2.75) is 45.1 Å². The molecular formula is C18H21NO5. The first-order valence-electron chi connectivity index (χ1n) is 8.21. The van der Waals surface area contributed by atoms with Gasteiger partial charge in [0.25, 0.3) is 5.91 Å². The summed E-state index contributed by atoms with van der Waals surface area (Å²) in [5.74, 6) is -0.212. The largest absolute Gasteiger partial charge is 0.481 e. The summed E-state index contributed by atoms with van der Waals surface area (Å²) in [6.45, 7) is 2.39. The van der Waals surface area contributed by atoms with Crippen LogP contribution in [0.4, 0.5) is 0 Å². The molecule has 0 spiro atoms. The van der Waals surface area contributed by atoms with Crippen LogP contribution in [0.1, 0.15) is 59.2 Å². The third-order valence-corrected chi connectivity index (χ3v) is 4.46. The van der Waals surface area contributed by atoms with Crippen LogP contribution < -0.4 is 0 Å². The minimum absolute atomic E-state index is 0.123. The molecule has 0 saturated carbocycles. The summed E-state index contributed by atoms with van der Waals surface area (Å²) in [5, 5.41) is 9.04. The van der Waals surface area contributed by atoms with Gasteiger partial charge in [-0.2, -0.15) is 0 Å². The van der Waals surface area contributed by atoms with Gasteiger partial charge in [-0.15, -0.1) is 0 Å². The molecule has 1 N–H and O–H groups in total. The molecule has 2 aromatic rings. The second-order valence-corrected chi connectivity index (χ2v) is 6.17. The van der Waals surface area contributed by atoms with Crippen molar-refractivity contribution in [3.8, 4) is 0 Å². The highest BCUT2D eigenvalue weighted by atomic mass is 16.4. The van der Waals surface area contributed by atoms with Gasteiger partial charge in [0.2, 0.25) is 0 Å². The first-order chi connectivity index (χ1) is 11.6. The van der Waals surface area contributed by atoms with E-state index in [1.54, 1.807) is 18.1 Å². The molecule has 1 amide bonds. The standard InChI is InChI=1S/C18H21NO5/c1-12-11-24-15(10-16(20)21)17(12)18(22)19-8-4-2-3-6-13(19)14-7-5-9-23-14/h5,7,9,11,13H,2-4,6,8,10H2,1H3,(H,20,21). The maximum absolute atomic E-state index is 13.2. The molecule has 0 bridgehead atoms. The fourth-order valence-electron chi connectivity index (χ4n) is 3.32. The monoisotopic (exact) mass is 331 g/mol. The number of furan rings is 2. The van der Waals surface area contributed by atoms with E-state index in [0.29, 0.717) is 17.7 Å². The van der Waals surface area contributed by atoms with E-state index in [-0.39, 0.29) is 24.1 Å². The van der Waals surface area contributed by atoms with Crippen LogP contribution in [0.5, 0.6) is 0 Å². The summed E-state index contributed by atoms with van der Waals surface area (Å²) in [6, 6.07) is 3.58. The molecule has 1 aliphatic heterocycles. The molecule has 1 atom stereocenters. The Hall–Kier alpha value is -2.50. The summed E-state index contributed by atoms with van der Waals surface area (Å²) >= 11 is 0. The van der Waals surface area contributed by atoms with Crippen LogP contribution in [-0.4, -0.2) is 28.4 Å². The van der Waals surface area contributed by atoms with E-state index in [2.05, 4.69) is 0 Å². The Balaban J connectivity index is 1.94. The molecule has 1 saturated heterocycles. The number of aryl methyl sites for hydroxylation is 1. The van der Waals surface area contributed by atoms with E-state index in [4.69, 9.17) is 13.9 Å². The number of hydrogen-bond acceptors (Lipinski definition) is 4. The van der Waals surface area contributed by atoms with Gasteiger partial charge in [0.15, 0.2) is 0 Å². The summed E-state index contributed by atoms with van der Waals surface area (Å²) < 4.78 is 10.9. The molecule has 24 heavy (non-hydrogen) atoms. The Labute approximate surface area is 140 Å². The molecule has 0 aromatic carbocycles. The Morgan fingerprint density at radius 1 is 1.29 bits per heavy atom. The van der Waals surface area contributed by atoms with Gasteiger partial charge in [-0.25, -0.2) is 0 Å². The molecule has 6 nitrogen and oxygen atoms in total. The lowest BCUT2D eigenvalue weighted by Gasteiger charge is -2.29. The molecule has 0 radical (unpaired) electrons. The zero-order chi connectivity index (χ0) is 17.1. The number of aliphatic carboxylic acids is 1. The van der Waals surface area contributed by atoms with Gasteiger partial charge in [0, 0.05) is 12.1 Å². The van der Waals surface area contributed by atoms with Crippen LogP contribution in [0.3, 0.4) is 0 Å². The molecule has 3 rings (SSSR count). The summed E-state index contributed by atoms with van der Waals surface area (Å²) in [4.78, 5) is 26.0. The molecule has 1 aliphatic rings. The van der Waals surface area contributed by atoms with Crippen LogP contribution in [-0.2, 0) is 11.2 Å². The predicted molar refractivity (Wildman–Crippen MR) is 85.7 cm³/mol. The normalized spacial score (nSPS) is 18.4. The molecular weight excluding hydrogens is 310 g/mol. The van der Waals surface area contributed by atoms with Gasteiger partial charge >= 0.3 is 5.97 Å². The zero-order valence-electron chi connectivity index (χ0n) is 13.7. The number of rotatable bonds is 4. The third kappa shape index (κ3) is 3.22. The number of carbonyl (C=O) groups is 2. The van der Waals surface area contributed by atoms with Gasteiger partial charge in [0.1, 0.15) is 17.9 Å². The molecule has 128 valence electrons. The van der Waals surface area contributed by atoms with Crippen molar-refractivity contribution in [2.75, 3.05) is 6.54 Å². The van der Waals surface area contributed by atoms with Crippen molar-refractivity contribution in [1.29, 1.82) is 0 Å². The summed E-state index contributed by atoms with van der Waals surface area (Å²) in [5.41, 5.74) is 1.04. The van der Waals surface area contributed by atoms with Gasteiger partial charge < -0.3 is 18.8 Å². The molecule has 3 heterocycles. The number of nitrogens with zero attached hydrogens (tertiary/aromatic N) is 1. The smallest absolute Gasteiger partial charge is 0.311 e. The Morgan fingerprint density at radius 3 is 2.83 bits per heavy atom. The number of likely N-dealkylation sites (tertiary alicyclic amines) is 1. The maximum atomic E-state index is 13.2. The molecule has 2 aromatic heterocycles. The molecule has 1 fully saturated rings. The lowest BCUT2D eigenvalue weighted by Crippen LogP contribution is -2.35. The van der Waals surface area contributed by atoms with Gasteiger partial charge in [0.05, 0.1) is 24.1 Å². The summed E-state index contributed by atoms with van der Waals surface area (Å²) in [6.07, 6.45) is 6.62. The van der Waals surface area contributed by atoms with Crippen molar-refractivity contribution >= 4 is 11.9 Å². The maximum Gasteiger partial charge on any atom is 0.311 e. The van der Waals surface area contributed by atoms with Crippen LogP contribution >= 0.6 is 0 Å². The number of carboxylic acids is 1. The van der Waals surface area contributed by atoms with Crippen molar-refractivity contribution in [3.05, 3.63) is 47.3 Å². The topological polar surface area (TPSA) is 83.9 Å². The first-order valence-corrected chi connectivity index (χ1v) is 8.21. The van der Waals surface area contributed by atoms with Crippen molar-refractivity contribution < 1.29 is 23.5 Å². The Kier molecular flexibility index (Phi) is 4.74. The lowest BCUT2D eigenvalue weighted by molar-refractivity contribution is -0.136. The highest BCUT2D eigenvalue weighted by Crippen LogP contribution is 2.33. The average molecular weight is 331 g/mol. The van der Waals surface area contributed by atoms with Crippen LogP contribution in [0.2, 0.25) is 0 Å². The van der Waals surface area contributed by atoms with Crippen LogP contribution in [0.25, 0.3) is 0 Å². The van der Waals surface area contributed by atoms with Crippen molar-refractivity contribution in [1.82, 2.24) is 4.90 Å². The predicted octanol–water partition coefficient (Wildman–Crippen LogP) is 3.57. The fraction of sp³-hybridized carbons (Fsp3) is 0.444. The van der Waals surface area contributed by atoms with Crippen molar-refractivity contribution in [2.24, 2.45) is 0 Å². The van der Waals surface area contributed by atoms with Gasteiger partial charge in [-0.3, -0.25) is 9.59 Å². The lowest BCUT2D eigenvalue weighted by atomic mass is 10.0. The second-order valence-electron chi connectivity index (χ2n) is 6.17. The minimum atomic E-state index is -1.02. The van der Waals surface area contributed by atoms with Crippen molar-refractivity contribution in [3.63, 3.8) is 0 Å². The highest BCUT2D eigenvalue weighted by molar-refractivity contribution is 5.97. The van der Waals surface area contributed by atoms with E-state index in [0.717, 1.165) is 31.4 Å². The zero-order valence-corrected chi connectivity index (χ0v) is 13.7. The average Bonchev–Trinajstić information content (AvgIpc) is 3.11. The van der Waals surface area contributed by atoms with E-state index < -0.39 is 5.97 Å². The fourth-order valence-corrected chi connectivity index (χ4v) is 3.32. The minimum Gasteiger partial charge on any atom is -0.481 e. The van der Waals surface area contributed by atoms with E-state index in [9.17, 15) is 9.59 Å². The Bertz CT molecular complexity index is 716. The number of amides is 1. The van der Waals surface area contributed by atoms with E-state index >= 15 is 0 Å². The molecule has 6 heteroatoms.